The van der Waals surface area contributed by atoms with Crippen molar-refractivity contribution < 1.29 is 9.90 Å². The second-order valence-electron chi connectivity index (χ2n) is 2.14. The van der Waals surface area contributed by atoms with E-state index in [2.05, 4.69) is 0 Å². The highest BCUT2D eigenvalue weighted by molar-refractivity contribution is 6.46. The largest absolute Gasteiger partial charge is 0.464 e. The minimum Gasteiger partial charge on any atom is -0.464 e. The third-order valence-corrected chi connectivity index (χ3v) is 2.45. The number of nitrogens with zero attached hydrogens (tertiary/aromatic N) is 1. The Bertz CT molecular complexity index is 343. The SMILES string of the molecule is O=C(O)N(Cl)c1cccc(Cl)c1Cl. The summed E-state index contributed by atoms with van der Waals surface area (Å²) in [6.45, 7) is 0. The second kappa shape index (κ2) is 4.05. The molecule has 0 heterocycles. The molecule has 0 fully saturated rings. The van der Waals surface area contributed by atoms with E-state index in [1.807, 2.05) is 0 Å². The molecule has 0 aromatic heterocycles. The predicted molar refractivity (Wildman–Crippen MR) is 52.8 cm³/mol. The third kappa shape index (κ3) is 2.18. The average Bonchev–Trinajstić information content (AvgIpc) is 2.08. The quantitative estimate of drug-likeness (QED) is 0.762. The molecule has 1 rings (SSSR count). The molecule has 0 aliphatic heterocycles. The Morgan fingerprint density at radius 1 is 1.38 bits per heavy atom. The van der Waals surface area contributed by atoms with Gasteiger partial charge in [0.1, 0.15) is 0 Å². The molecule has 1 aromatic carbocycles. The summed E-state index contributed by atoms with van der Waals surface area (Å²) >= 11 is 16.8. The zero-order chi connectivity index (χ0) is 10.0. The van der Waals surface area contributed by atoms with Crippen LogP contribution in [0.15, 0.2) is 18.2 Å². The zero-order valence-electron chi connectivity index (χ0n) is 6.17. The van der Waals surface area contributed by atoms with E-state index < -0.39 is 6.09 Å². The minimum absolute atomic E-state index is 0.113. The second-order valence-corrected chi connectivity index (χ2v) is 3.26. The number of hydrogen-bond acceptors (Lipinski definition) is 1. The van der Waals surface area contributed by atoms with E-state index in [1.165, 1.54) is 6.07 Å². The van der Waals surface area contributed by atoms with Gasteiger partial charge in [-0.1, -0.05) is 29.3 Å². The van der Waals surface area contributed by atoms with Crippen molar-refractivity contribution in [2.45, 2.75) is 0 Å². The van der Waals surface area contributed by atoms with Gasteiger partial charge in [0.05, 0.1) is 15.7 Å². The molecule has 70 valence electrons. The van der Waals surface area contributed by atoms with Crippen LogP contribution in [0.2, 0.25) is 10.0 Å². The first-order chi connectivity index (χ1) is 6.04. The van der Waals surface area contributed by atoms with Crippen LogP contribution in [-0.2, 0) is 0 Å². The summed E-state index contributed by atoms with van der Waals surface area (Å²) in [5, 5.41) is 8.91. The van der Waals surface area contributed by atoms with Gasteiger partial charge in [-0.25, -0.2) is 4.79 Å². The first-order valence-corrected chi connectivity index (χ1v) is 4.26. The Balaban J connectivity index is 3.15. The summed E-state index contributed by atoms with van der Waals surface area (Å²) in [6.07, 6.45) is -1.31. The van der Waals surface area contributed by atoms with E-state index >= 15 is 0 Å². The van der Waals surface area contributed by atoms with Gasteiger partial charge in [-0.2, -0.15) is 4.42 Å². The number of benzene rings is 1. The molecule has 1 N–H and O–H groups in total. The lowest BCUT2D eigenvalue weighted by atomic mass is 10.3. The first-order valence-electron chi connectivity index (χ1n) is 3.17. The van der Waals surface area contributed by atoms with Crippen molar-refractivity contribution in [2.75, 3.05) is 4.42 Å². The monoisotopic (exact) mass is 239 g/mol. The van der Waals surface area contributed by atoms with E-state index in [0.29, 0.717) is 4.42 Å². The van der Waals surface area contributed by atoms with Crippen molar-refractivity contribution in [3.63, 3.8) is 0 Å². The van der Waals surface area contributed by atoms with Crippen molar-refractivity contribution >= 4 is 46.8 Å². The van der Waals surface area contributed by atoms with Crippen molar-refractivity contribution in [2.24, 2.45) is 0 Å². The van der Waals surface area contributed by atoms with Gasteiger partial charge >= 0.3 is 6.09 Å². The van der Waals surface area contributed by atoms with Crippen LogP contribution in [0.3, 0.4) is 0 Å². The van der Waals surface area contributed by atoms with Gasteiger partial charge < -0.3 is 5.11 Å². The Labute approximate surface area is 89.5 Å². The summed E-state index contributed by atoms with van der Waals surface area (Å²) in [5.41, 5.74) is 0.142. The van der Waals surface area contributed by atoms with Gasteiger partial charge in [0.2, 0.25) is 0 Å². The van der Waals surface area contributed by atoms with Gasteiger partial charge in [-0.05, 0) is 12.1 Å². The van der Waals surface area contributed by atoms with Crippen LogP contribution in [0, 0.1) is 0 Å². The van der Waals surface area contributed by atoms with Gasteiger partial charge in [-0.3, -0.25) is 0 Å². The molecule has 3 nitrogen and oxygen atoms in total. The topological polar surface area (TPSA) is 40.5 Å². The number of carbonyl (C=O) groups is 1. The first kappa shape index (κ1) is 10.4. The smallest absolute Gasteiger partial charge is 0.426 e. The molecule has 0 aliphatic rings. The molecule has 0 aliphatic carbocycles. The van der Waals surface area contributed by atoms with Crippen LogP contribution < -0.4 is 4.42 Å². The molecule has 0 saturated heterocycles. The van der Waals surface area contributed by atoms with Crippen LogP contribution in [-0.4, -0.2) is 11.2 Å². The van der Waals surface area contributed by atoms with Crippen LogP contribution in [0.4, 0.5) is 10.5 Å². The molecule has 0 radical (unpaired) electrons. The fourth-order valence-corrected chi connectivity index (χ4v) is 1.31. The molecule has 0 spiro atoms. The van der Waals surface area contributed by atoms with Crippen LogP contribution in [0.1, 0.15) is 0 Å². The van der Waals surface area contributed by atoms with Crippen molar-refractivity contribution in [3.8, 4) is 0 Å². The molecule has 0 bridgehead atoms. The molecule has 0 saturated carbocycles. The lowest BCUT2D eigenvalue weighted by Gasteiger charge is -2.11. The maximum Gasteiger partial charge on any atom is 0.426 e. The third-order valence-electron chi connectivity index (χ3n) is 1.31. The standard InChI is InChI=1S/C7H4Cl3NO2/c8-4-2-1-3-5(6(4)9)11(10)7(12)13/h1-3H,(H,12,13). The molecule has 13 heavy (non-hydrogen) atoms. The van der Waals surface area contributed by atoms with Gasteiger partial charge in [-0.15, -0.1) is 0 Å². The highest BCUT2D eigenvalue weighted by atomic mass is 35.5. The van der Waals surface area contributed by atoms with Crippen LogP contribution >= 0.6 is 35.0 Å². The van der Waals surface area contributed by atoms with Gasteiger partial charge in [0.15, 0.2) is 0 Å². The maximum absolute atomic E-state index is 10.5. The molecular formula is C7H4Cl3NO2. The van der Waals surface area contributed by atoms with Gasteiger partial charge in [0.25, 0.3) is 0 Å². The molecule has 1 amide bonds. The Kier molecular flexibility index (Phi) is 3.25. The average molecular weight is 240 g/mol. The fraction of sp³-hybridized carbons (Fsp3) is 0. The Hall–Kier alpha value is -0.640. The van der Waals surface area contributed by atoms with E-state index in [1.54, 1.807) is 12.1 Å². The highest BCUT2D eigenvalue weighted by Gasteiger charge is 2.15. The van der Waals surface area contributed by atoms with Crippen LogP contribution in [0.25, 0.3) is 0 Å². The molecule has 1 aromatic rings. The number of hydrogen-bond donors (Lipinski definition) is 1. The Morgan fingerprint density at radius 2 is 2.00 bits per heavy atom. The van der Waals surface area contributed by atoms with Crippen molar-refractivity contribution in [1.82, 2.24) is 0 Å². The number of amides is 1. The fourth-order valence-electron chi connectivity index (χ4n) is 0.747. The lowest BCUT2D eigenvalue weighted by molar-refractivity contribution is 0.206. The number of rotatable bonds is 1. The Morgan fingerprint density at radius 3 is 2.54 bits per heavy atom. The number of halogens is 3. The lowest BCUT2D eigenvalue weighted by Crippen LogP contribution is -2.17. The molecular weight excluding hydrogens is 236 g/mol. The molecule has 0 atom stereocenters. The van der Waals surface area contributed by atoms with E-state index in [9.17, 15) is 4.79 Å². The number of anilines is 1. The molecule has 0 unspecified atom stereocenters. The van der Waals surface area contributed by atoms with E-state index in [0.717, 1.165) is 0 Å². The van der Waals surface area contributed by atoms with Crippen molar-refractivity contribution in [3.05, 3.63) is 28.2 Å². The minimum atomic E-state index is -1.31. The summed E-state index contributed by atoms with van der Waals surface area (Å²) in [5.74, 6) is 0. The van der Waals surface area contributed by atoms with E-state index in [-0.39, 0.29) is 15.7 Å². The highest BCUT2D eigenvalue weighted by Crippen LogP contribution is 2.33. The normalized spacial score (nSPS) is 9.77. The summed E-state index contributed by atoms with van der Waals surface area (Å²) in [7, 11) is 0. The number of carboxylic acid groups (broad SMARTS) is 1. The zero-order valence-corrected chi connectivity index (χ0v) is 8.44. The maximum atomic E-state index is 10.5. The summed E-state index contributed by atoms with van der Waals surface area (Å²) in [4.78, 5) is 10.5. The summed E-state index contributed by atoms with van der Waals surface area (Å²) in [6, 6.07) is 4.55. The van der Waals surface area contributed by atoms with Crippen molar-refractivity contribution in [1.29, 1.82) is 0 Å². The van der Waals surface area contributed by atoms with Crippen LogP contribution in [0.5, 0.6) is 0 Å². The molecule has 6 heteroatoms. The predicted octanol–water partition coefficient (Wildman–Crippen LogP) is 3.63. The van der Waals surface area contributed by atoms with E-state index in [4.69, 9.17) is 40.1 Å². The van der Waals surface area contributed by atoms with Gasteiger partial charge in [0, 0.05) is 11.8 Å². The summed E-state index contributed by atoms with van der Waals surface area (Å²) < 4.78 is 0.480.